The van der Waals surface area contributed by atoms with Gasteiger partial charge in [0, 0.05) is 28.6 Å². The van der Waals surface area contributed by atoms with Gasteiger partial charge in [0.05, 0.1) is 20.0 Å². The molecule has 15 heavy (non-hydrogen) atoms. The number of hydrogen-bond donors (Lipinski definition) is 0. The predicted molar refractivity (Wildman–Crippen MR) is 59.8 cm³/mol. The summed E-state index contributed by atoms with van der Waals surface area (Å²) in [5, 5.41) is 0. The van der Waals surface area contributed by atoms with Crippen molar-refractivity contribution in [2.24, 2.45) is 0 Å². The average Bonchev–Trinajstić information content (AvgIpc) is 2.71. The maximum absolute atomic E-state index is 5.18. The van der Waals surface area contributed by atoms with Gasteiger partial charge in [0.25, 0.3) is 0 Å². The van der Waals surface area contributed by atoms with E-state index in [1.807, 2.05) is 16.8 Å². The molecule has 5 heteroatoms. The van der Waals surface area contributed by atoms with Gasteiger partial charge < -0.3 is 9.30 Å². The number of methoxy groups -OCH3 is 1. The van der Waals surface area contributed by atoms with E-state index >= 15 is 0 Å². The fourth-order valence-electron chi connectivity index (χ4n) is 1.34. The zero-order chi connectivity index (χ0) is 10.7. The third-order valence-corrected chi connectivity index (χ3v) is 2.43. The summed E-state index contributed by atoms with van der Waals surface area (Å²) < 4.78 is 8.09. The largest absolute Gasteiger partial charge is 0.481 e. The van der Waals surface area contributed by atoms with Crippen LogP contribution >= 0.6 is 15.9 Å². The molecule has 2 rings (SSSR count). The van der Waals surface area contributed by atoms with Gasteiger partial charge in [0.15, 0.2) is 0 Å². The van der Waals surface area contributed by atoms with Crippen LogP contribution in [-0.4, -0.2) is 21.6 Å². The molecule has 0 aliphatic rings. The Hall–Kier alpha value is -1.36. The van der Waals surface area contributed by atoms with E-state index in [9.17, 15) is 0 Å². The van der Waals surface area contributed by atoms with Crippen molar-refractivity contribution in [2.45, 2.75) is 6.54 Å². The van der Waals surface area contributed by atoms with Gasteiger partial charge in [-0.25, -0.2) is 9.97 Å². The molecule has 2 heterocycles. The summed E-state index contributed by atoms with van der Waals surface area (Å²) >= 11 is 3.39. The number of pyridine rings is 1. The van der Waals surface area contributed by atoms with Gasteiger partial charge in [0.1, 0.15) is 0 Å². The molecule has 0 unspecified atom stereocenters. The van der Waals surface area contributed by atoms with Crippen molar-refractivity contribution in [3.63, 3.8) is 0 Å². The molecule has 2 aromatic heterocycles. The summed E-state index contributed by atoms with van der Waals surface area (Å²) in [6, 6.07) is 1.99. The third kappa shape index (κ3) is 2.36. The second kappa shape index (κ2) is 4.44. The van der Waals surface area contributed by atoms with Crippen LogP contribution in [0.2, 0.25) is 0 Å². The van der Waals surface area contributed by atoms with Gasteiger partial charge in [0.2, 0.25) is 5.88 Å². The fourth-order valence-corrected chi connectivity index (χ4v) is 1.72. The fraction of sp³-hybridized carbons (Fsp3) is 0.200. The molecule has 0 radical (unpaired) electrons. The van der Waals surface area contributed by atoms with Crippen LogP contribution in [-0.2, 0) is 6.54 Å². The highest BCUT2D eigenvalue weighted by molar-refractivity contribution is 9.10. The first-order valence-electron chi connectivity index (χ1n) is 4.44. The lowest BCUT2D eigenvalue weighted by Crippen LogP contribution is -2.01. The second-order valence-corrected chi connectivity index (χ2v) is 3.97. The van der Waals surface area contributed by atoms with E-state index in [1.165, 1.54) is 0 Å². The molecule has 0 saturated heterocycles. The normalized spacial score (nSPS) is 10.3. The maximum atomic E-state index is 5.18. The number of hydrogen-bond acceptors (Lipinski definition) is 3. The third-order valence-electron chi connectivity index (χ3n) is 2.00. The predicted octanol–water partition coefficient (Wildman–Crippen LogP) is 2.10. The van der Waals surface area contributed by atoms with Crippen molar-refractivity contribution >= 4 is 15.9 Å². The number of ether oxygens (including phenoxy) is 1. The molecule has 0 spiro atoms. The summed E-state index contributed by atoms with van der Waals surface area (Å²) in [7, 11) is 1.62. The first-order valence-corrected chi connectivity index (χ1v) is 5.23. The summed E-state index contributed by atoms with van der Waals surface area (Å²) in [4.78, 5) is 8.16. The first-order chi connectivity index (χ1) is 7.29. The SMILES string of the molecule is COc1ncc(Br)cc1Cn1ccnc1. The Labute approximate surface area is 96.1 Å². The smallest absolute Gasteiger partial charge is 0.218 e. The zero-order valence-electron chi connectivity index (χ0n) is 8.22. The van der Waals surface area contributed by atoms with E-state index in [0.29, 0.717) is 12.4 Å². The van der Waals surface area contributed by atoms with E-state index in [1.54, 1.807) is 25.8 Å². The molecule has 0 N–H and O–H groups in total. The molecule has 0 aromatic carbocycles. The van der Waals surface area contributed by atoms with E-state index in [4.69, 9.17) is 4.74 Å². The van der Waals surface area contributed by atoms with Crippen LogP contribution in [0.3, 0.4) is 0 Å². The Morgan fingerprint density at radius 3 is 3.07 bits per heavy atom. The Morgan fingerprint density at radius 2 is 2.40 bits per heavy atom. The molecule has 0 amide bonds. The summed E-state index contributed by atoms with van der Waals surface area (Å²) in [6.07, 6.45) is 7.13. The molecule has 0 aliphatic heterocycles. The van der Waals surface area contributed by atoms with Crippen molar-refractivity contribution in [1.29, 1.82) is 0 Å². The van der Waals surface area contributed by atoms with Crippen molar-refractivity contribution in [2.75, 3.05) is 7.11 Å². The van der Waals surface area contributed by atoms with Crippen LogP contribution in [0.25, 0.3) is 0 Å². The summed E-state index contributed by atoms with van der Waals surface area (Å²) in [6.45, 7) is 0.704. The number of halogens is 1. The van der Waals surface area contributed by atoms with Crippen LogP contribution < -0.4 is 4.74 Å². The topological polar surface area (TPSA) is 39.9 Å². The van der Waals surface area contributed by atoms with Crippen molar-refractivity contribution in [3.8, 4) is 5.88 Å². The zero-order valence-corrected chi connectivity index (χ0v) is 9.81. The van der Waals surface area contributed by atoms with E-state index in [0.717, 1.165) is 10.0 Å². The molecule has 2 aromatic rings. The summed E-state index contributed by atoms with van der Waals surface area (Å²) in [5.41, 5.74) is 1.02. The molecule has 0 atom stereocenters. The summed E-state index contributed by atoms with van der Waals surface area (Å²) in [5.74, 6) is 0.645. The van der Waals surface area contributed by atoms with Gasteiger partial charge in [-0.05, 0) is 22.0 Å². The molecular formula is C10H10BrN3O. The van der Waals surface area contributed by atoms with Crippen LogP contribution in [0.4, 0.5) is 0 Å². The Morgan fingerprint density at radius 1 is 1.53 bits per heavy atom. The second-order valence-electron chi connectivity index (χ2n) is 3.06. The standard InChI is InChI=1S/C10H10BrN3O/c1-15-10-8(4-9(11)5-13-10)6-14-3-2-12-7-14/h2-5,7H,6H2,1H3. The van der Waals surface area contributed by atoms with Crippen LogP contribution in [0, 0.1) is 0 Å². The van der Waals surface area contributed by atoms with Gasteiger partial charge in [-0.15, -0.1) is 0 Å². The molecule has 78 valence electrons. The number of aromatic nitrogens is 3. The lowest BCUT2D eigenvalue weighted by atomic mass is 10.2. The average molecular weight is 268 g/mol. The van der Waals surface area contributed by atoms with Crippen molar-refractivity contribution < 1.29 is 4.74 Å². The molecule has 0 bridgehead atoms. The Bertz CT molecular complexity index is 442. The minimum absolute atomic E-state index is 0.645. The van der Waals surface area contributed by atoms with Gasteiger partial charge >= 0.3 is 0 Å². The minimum Gasteiger partial charge on any atom is -0.481 e. The van der Waals surface area contributed by atoms with E-state index in [2.05, 4.69) is 25.9 Å². The van der Waals surface area contributed by atoms with Gasteiger partial charge in [-0.3, -0.25) is 0 Å². The Kier molecular flexibility index (Phi) is 3.01. The monoisotopic (exact) mass is 267 g/mol. The minimum atomic E-state index is 0.645. The Balaban J connectivity index is 2.30. The van der Waals surface area contributed by atoms with Gasteiger partial charge in [-0.1, -0.05) is 0 Å². The van der Waals surface area contributed by atoms with Crippen molar-refractivity contribution in [1.82, 2.24) is 14.5 Å². The lowest BCUT2D eigenvalue weighted by Gasteiger charge is -2.07. The van der Waals surface area contributed by atoms with Crippen LogP contribution in [0.15, 0.2) is 35.5 Å². The van der Waals surface area contributed by atoms with Crippen molar-refractivity contribution in [3.05, 3.63) is 41.0 Å². The highest BCUT2D eigenvalue weighted by Gasteiger charge is 2.05. The maximum Gasteiger partial charge on any atom is 0.218 e. The highest BCUT2D eigenvalue weighted by Crippen LogP contribution is 2.20. The molecule has 0 aliphatic carbocycles. The number of imidazole rings is 1. The molecule has 0 saturated carbocycles. The highest BCUT2D eigenvalue weighted by atomic mass is 79.9. The van der Waals surface area contributed by atoms with Crippen LogP contribution in [0.5, 0.6) is 5.88 Å². The molecule has 0 fully saturated rings. The van der Waals surface area contributed by atoms with E-state index < -0.39 is 0 Å². The number of nitrogens with zero attached hydrogens (tertiary/aromatic N) is 3. The number of rotatable bonds is 3. The lowest BCUT2D eigenvalue weighted by molar-refractivity contribution is 0.391. The van der Waals surface area contributed by atoms with E-state index in [-0.39, 0.29) is 0 Å². The van der Waals surface area contributed by atoms with Gasteiger partial charge in [-0.2, -0.15) is 0 Å². The molecular weight excluding hydrogens is 258 g/mol. The first kappa shape index (κ1) is 10.2. The quantitative estimate of drug-likeness (QED) is 0.855. The molecule has 4 nitrogen and oxygen atoms in total. The van der Waals surface area contributed by atoms with Crippen LogP contribution in [0.1, 0.15) is 5.56 Å².